The Balaban J connectivity index is 2.38. The monoisotopic (exact) mass is 495 g/mol. The average Bonchev–Trinajstić information content (AvgIpc) is 2.64. The highest BCUT2D eigenvalue weighted by molar-refractivity contribution is 14.1. The molecule has 0 atom stereocenters. The number of hydrogen-bond acceptors (Lipinski definition) is 4. The number of halogens is 1. The standard InChI is InChI=1S/C21H22INO5/c1-4-27-18-12-14(10-16(22)19(18)28-13(2)3)11-17(21(25)26)23-20(24)15-8-6-5-7-9-15/h5-13H,4H2,1-3H3,(H,23,24)(H,25,26). The minimum Gasteiger partial charge on any atom is -0.490 e. The van der Waals surface area contributed by atoms with Gasteiger partial charge < -0.3 is 19.9 Å². The highest BCUT2D eigenvalue weighted by Gasteiger charge is 2.16. The van der Waals surface area contributed by atoms with Crippen molar-refractivity contribution in [2.75, 3.05) is 6.61 Å². The van der Waals surface area contributed by atoms with E-state index >= 15 is 0 Å². The Morgan fingerprint density at radius 1 is 1.21 bits per heavy atom. The Bertz CT molecular complexity index is 878. The van der Waals surface area contributed by atoms with Crippen LogP contribution in [0.15, 0.2) is 48.2 Å². The topological polar surface area (TPSA) is 84.9 Å². The summed E-state index contributed by atoms with van der Waals surface area (Å²) in [6.45, 7) is 6.13. The van der Waals surface area contributed by atoms with Crippen LogP contribution in [0, 0.1) is 3.57 Å². The zero-order valence-electron chi connectivity index (χ0n) is 15.9. The number of nitrogens with one attached hydrogen (secondary N) is 1. The van der Waals surface area contributed by atoms with E-state index in [1.807, 2.05) is 20.8 Å². The molecule has 148 valence electrons. The maximum absolute atomic E-state index is 12.3. The number of aliphatic carboxylic acids is 1. The van der Waals surface area contributed by atoms with Crippen LogP contribution in [-0.4, -0.2) is 29.7 Å². The van der Waals surface area contributed by atoms with Gasteiger partial charge >= 0.3 is 5.97 Å². The SMILES string of the molecule is CCOc1cc(C=C(NC(=O)c2ccccc2)C(=O)O)cc(I)c1OC(C)C. The molecule has 0 unspecified atom stereocenters. The van der Waals surface area contributed by atoms with Crippen LogP contribution in [0.4, 0.5) is 0 Å². The summed E-state index contributed by atoms with van der Waals surface area (Å²) in [5.41, 5.74) is 0.722. The molecular formula is C21H22INO5. The summed E-state index contributed by atoms with van der Waals surface area (Å²) in [5.74, 6) is -0.596. The van der Waals surface area contributed by atoms with Crippen molar-refractivity contribution in [3.8, 4) is 11.5 Å². The second-order valence-electron chi connectivity index (χ2n) is 6.11. The van der Waals surface area contributed by atoms with Gasteiger partial charge in [-0.3, -0.25) is 4.79 Å². The molecule has 6 nitrogen and oxygen atoms in total. The van der Waals surface area contributed by atoms with Gasteiger partial charge in [0.25, 0.3) is 5.91 Å². The summed E-state index contributed by atoms with van der Waals surface area (Å²) in [6.07, 6.45) is 1.36. The van der Waals surface area contributed by atoms with Gasteiger partial charge in [0.05, 0.1) is 16.3 Å². The number of carbonyl (C=O) groups excluding carboxylic acids is 1. The highest BCUT2D eigenvalue weighted by atomic mass is 127. The second kappa shape index (κ2) is 10.1. The van der Waals surface area contributed by atoms with Crippen molar-refractivity contribution in [1.29, 1.82) is 0 Å². The lowest BCUT2D eigenvalue weighted by Crippen LogP contribution is -2.27. The molecule has 0 bridgehead atoms. The Kier molecular flexibility index (Phi) is 7.86. The maximum atomic E-state index is 12.3. The van der Waals surface area contributed by atoms with Gasteiger partial charge in [-0.15, -0.1) is 0 Å². The van der Waals surface area contributed by atoms with Crippen molar-refractivity contribution < 1.29 is 24.2 Å². The van der Waals surface area contributed by atoms with Crippen molar-refractivity contribution in [3.05, 3.63) is 62.9 Å². The fraction of sp³-hybridized carbons (Fsp3) is 0.238. The van der Waals surface area contributed by atoms with E-state index < -0.39 is 11.9 Å². The highest BCUT2D eigenvalue weighted by Crippen LogP contribution is 2.35. The predicted octanol–water partition coefficient (Wildman–Crippen LogP) is 4.33. The van der Waals surface area contributed by atoms with Gasteiger partial charge in [-0.05, 0) is 79.3 Å². The second-order valence-corrected chi connectivity index (χ2v) is 7.28. The fourth-order valence-electron chi connectivity index (χ4n) is 2.39. The van der Waals surface area contributed by atoms with E-state index in [1.165, 1.54) is 6.08 Å². The van der Waals surface area contributed by atoms with Gasteiger partial charge in [-0.2, -0.15) is 0 Å². The molecule has 28 heavy (non-hydrogen) atoms. The predicted molar refractivity (Wildman–Crippen MR) is 116 cm³/mol. The van der Waals surface area contributed by atoms with Crippen LogP contribution < -0.4 is 14.8 Å². The van der Waals surface area contributed by atoms with E-state index in [2.05, 4.69) is 27.9 Å². The molecule has 1 amide bonds. The zero-order chi connectivity index (χ0) is 20.7. The molecule has 2 N–H and O–H groups in total. The number of hydrogen-bond donors (Lipinski definition) is 2. The summed E-state index contributed by atoms with van der Waals surface area (Å²) < 4.78 is 12.3. The molecule has 0 aliphatic heterocycles. The third-order valence-electron chi connectivity index (χ3n) is 3.51. The Morgan fingerprint density at radius 3 is 2.46 bits per heavy atom. The molecule has 0 saturated heterocycles. The van der Waals surface area contributed by atoms with Crippen LogP contribution in [-0.2, 0) is 4.79 Å². The fourth-order valence-corrected chi connectivity index (χ4v) is 3.14. The molecule has 0 aliphatic rings. The van der Waals surface area contributed by atoms with E-state index in [-0.39, 0.29) is 11.8 Å². The number of benzene rings is 2. The number of rotatable bonds is 8. The van der Waals surface area contributed by atoms with Crippen LogP contribution in [0.5, 0.6) is 11.5 Å². The molecule has 0 aliphatic carbocycles. The first-order valence-electron chi connectivity index (χ1n) is 8.76. The van der Waals surface area contributed by atoms with Gasteiger partial charge in [0.1, 0.15) is 5.70 Å². The van der Waals surface area contributed by atoms with E-state index in [0.717, 1.165) is 3.57 Å². The zero-order valence-corrected chi connectivity index (χ0v) is 18.0. The Morgan fingerprint density at radius 2 is 1.89 bits per heavy atom. The molecule has 0 saturated carbocycles. The molecule has 2 aromatic rings. The molecule has 0 radical (unpaired) electrons. The summed E-state index contributed by atoms with van der Waals surface area (Å²) in [7, 11) is 0. The quantitative estimate of drug-likeness (QED) is 0.421. The summed E-state index contributed by atoms with van der Waals surface area (Å²) in [5, 5.41) is 12.0. The number of carboxylic acids is 1. The third kappa shape index (κ3) is 5.98. The van der Waals surface area contributed by atoms with Gasteiger partial charge in [-0.1, -0.05) is 18.2 Å². The lowest BCUT2D eigenvalue weighted by Gasteiger charge is -2.17. The summed E-state index contributed by atoms with van der Waals surface area (Å²) in [4.78, 5) is 23.9. The first kappa shape index (κ1) is 21.7. The minimum atomic E-state index is -1.24. The van der Waals surface area contributed by atoms with Gasteiger partial charge in [0.15, 0.2) is 11.5 Å². The molecular weight excluding hydrogens is 473 g/mol. The van der Waals surface area contributed by atoms with Gasteiger partial charge in [-0.25, -0.2) is 4.79 Å². The first-order chi connectivity index (χ1) is 13.3. The summed E-state index contributed by atoms with van der Waals surface area (Å²) >= 11 is 2.11. The van der Waals surface area contributed by atoms with Crippen molar-refractivity contribution in [3.63, 3.8) is 0 Å². The third-order valence-corrected chi connectivity index (χ3v) is 4.31. The average molecular weight is 495 g/mol. The first-order valence-corrected chi connectivity index (χ1v) is 9.84. The van der Waals surface area contributed by atoms with Crippen LogP contribution in [0.3, 0.4) is 0 Å². The van der Waals surface area contributed by atoms with Crippen molar-refractivity contribution in [1.82, 2.24) is 5.32 Å². The maximum Gasteiger partial charge on any atom is 0.352 e. The molecule has 0 spiro atoms. The van der Waals surface area contributed by atoms with E-state index in [0.29, 0.717) is 29.2 Å². The van der Waals surface area contributed by atoms with Gasteiger partial charge in [0, 0.05) is 5.56 Å². The van der Waals surface area contributed by atoms with Crippen LogP contribution in [0.2, 0.25) is 0 Å². The van der Waals surface area contributed by atoms with E-state index in [4.69, 9.17) is 9.47 Å². The normalized spacial score (nSPS) is 11.2. The lowest BCUT2D eigenvalue weighted by molar-refractivity contribution is -0.132. The Labute approximate surface area is 177 Å². The summed E-state index contributed by atoms with van der Waals surface area (Å²) in [6, 6.07) is 11.9. The van der Waals surface area contributed by atoms with Crippen LogP contribution in [0.25, 0.3) is 6.08 Å². The largest absolute Gasteiger partial charge is 0.490 e. The van der Waals surface area contributed by atoms with Crippen LogP contribution >= 0.6 is 22.6 Å². The van der Waals surface area contributed by atoms with E-state index in [1.54, 1.807) is 42.5 Å². The van der Waals surface area contributed by atoms with E-state index in [9.17, 15) is 14.7 Å². The molecule has 2 rings (SSSR count). The Hall–Kier alpha value is -2.55. The molecule has 0 aromatic heterocycles. The lowest BCUT2D eigenvalue weighted by atomic mass is 10.1. The van der Waals surface area contributed by atoms with Gasteiger partial charge in [0.2, 0.25) is 0 Å². The van der Waals surface area contributed by atoms with Crippen molar-refractivity contribution >= 4 is 40.5 Å². The number of amides is 1. The van der Waals surface area contributed by atoms with Crippen molar-refractivity contribution in [2.24, 2.45) is 0 Å². The minimum absolute atomic E-state index is 0.0335. The van der Waals surface area contributed by atoms with Crippen molar-refractivity contribution in [2.45, 2.75) is 26.9 Å². The number of carbonyl (C=O) groups is 2. The van der Waals surface area contributed by atoms with Crippen LogP contribution in [0.1, 0.15) is 36.7 Å². The number of carboxylic acid groups (broad SMARTS) is 1. The molecule has 2 aromatic carbocycles. The smallest absolute Gasteiger partial charge is 0.352 e. The number of ether oxygens (including phenoxy) is 2. The molecule has 0 fully saturated rings. The molecule has 7 heteroatoms. The molecule has 0 heterocycles.